The van der Waals surface area contributed by atoms with Gasteiger partial charge >= 0.3 is 0 Å². The van der Waals surface area contributed by atoms with Crippen LogP contribution in [0.25, 0.3) is 10.8 Å². The summed E-state index contributed by atoms with van der Waals surface area (Å²) in [4.78, 5) is 26.9. The van der Waals surface area contributed by atoms with Gasteiger partial charge in [0, 0.05) is 30.0 Å². The highest BCUT2D eigenvalue weighted by Gasteiger charge is 2.17. The highest BCUT2D eigenvalue weighted by atomic mass is 16.6. The molecule has 31 heavy (non-hydrogen) atoms. The molecule has 0 bridgehead atoms. The van der Waals surface area contributed by atoms with Crippen molar-refractivity contribution >= 4 is 33.9 Å². The van der Waals surface area contributed by atoms with Gasteiger partial charge in [-0.15, -0.1) is 0 Å². The first-order valence-corrected chi connectivity index (χ1v) is 9.96. The molecule has 0 aromatic carbocycles. The third-order valence-electron chi connectivity index (χ3n) is 4.46. The van der Waals surface area contributed by atoms with Crippen LogP contribution < -0.4 is 16.2 Å². The summed E-state index contributed by atoms with van der Waals surface area (Å²) in [6.07, 6.45) is 3.35. The molecule has 0 radical (unpaired) electrons. The van der Waals surface area contributed by atoms with Crippen molar-refractivity contribution in [2.45, 2.75) is 39.8 Å². The predicted octanol–water partition coefficient (Wildman–Crippen LogP) is 3.11. The smallest absolute Gasteiger partial charge is 0.262 e. The first-order valence-electron chi connectivity index (χ1n) is 9.96. The van der Waals surface area contributed by atoms with Gasteiger partial charge in [0.15, 0.2) is 0 Å². The Kier molecular flexibility index (Phi) is 6.55. The second kappa shape index (κ2) is 9.13. The van der Waals surface area contributed by atoms with Gasteiger partial charge in [-0.05, 0) is 57.3 Å². The van der Waals surface area contributed by atoms with Crippen molar-refractivity contribution in [2.75, 3.05) is 24.4 Å². The van der Waals surface area contributed by atoms with Crippen molar-refractivity contribution in [3.05, 3.63) is 52.6 Å². The Balaban J connectivity index is 2.08. The van der Waals surface area contributed by atoms with Crippen LogP contribution in [-0.2, 0) is 11.4 Å². The number of oxime groups is 1. The molecule has 164 valence electrons. The van der Waals surface area contributed by atoms with Crippen molar-refractivity contribution in [2.24, 2.45) is 5.16 Å². The molecule has 3 N–H and O–H groups in total. The molecule has 3 heterocycles. The van der Waals surface area contributed by atoms with Crippen molar-refractivity contribution < 1.29 is 9.94 Å². The molecule has 0 saturated carbocycles. The van der Waals surface area contributed by atoms with Crippen LogP contribution in [0.1, 0.15) is 33.3 Å². The topological polar surface area (TPSA) is 114 Å². The molecule has 3 aromatic rings. The first kappa shape index (κ1) is 22.2. The standard InChI is InChI=1S/C22H28N6O3/c1-14(27-31-5)15-6-8-23-17(12-15)24-18-13-16-7-9-28(10-11-29)21(30)19(16)20(25-18)26-22(2,3)4/h6-9,12-13,29H,10-11H2,1-5H3,(H2,23,24,25,26). The lowest BCUT2D eigenvalue weighted by Gasteiger charge is -2.23. The zero-order valence-corrected chi connectivity index (χ0v) is 18.4. The van der Waals surface area contributed by atoms with Crippen LogP contribution in [-0.4, -0.2) is 44.6 Å². The number of pyridine rings is 3. The summed E-state index contributed by atoms with van der Waals surface area (Å²) >= 11 is 0. The van der Waals surface area contributed by atoms with E-state index < -0.39 is 0 Å². The number of nitrogens with one attached hydrogen (secondary N) is 2. The maximum atomic E-state index is 13.0. The molecule has 9 heteroatoms. The lowest BCUT2D eigenvalue weighted by molar-refractivity contribution is 0.213. The Morgan fingerprint density at radius 3 is 2.71 bits per heavy atom. The number of rotatable bonds is 7. The summed E-state index contributed by atoms with van der Waals surface area (Å²) in [5, 5.41) is 20.9. The molecule has 0 aliphatic rings. The maximum absolute atomic E-state index is 13.0. The lowest BCUT2D eigenvalue weighted by Crippen LogP contribution is -2.29. The van der Waals surface area contributed by atoms with Crippen molar-refractivity contribution in [1.29, 1.82) is 0 Å². The molecular weight excluding hydrogens is 396 g/mol. The van der Waals surface area contributed by atoms with E-state index in [1.807, 2.05) is 45.9 Å². The van der Waals surface area contributed by atoms with E-state index in [9.17, 15) is 9.90 Å². The summed E-state index contributed by atoms with van der Waals surface area (Å²) in [5.41, 5.74) is 1.07. The molecule has 0 amide bonds. The van der Waals surface area contributed by atoms with E-state index in [0.717, 1.165) is 16.7 Å². The Morgan fingerprint density at radius 1 is 1.26 bits per heavy atom. The maximum Gasteiger partial charge on any atom is 0.262 e. The van der Waals surface area contributed by atoms with Gasteiger partial charge in [-0.1, -0.05) is 5.16 Å². The number of aliphatic hydroxyl groups excluding tert-OH is 1. The van der Waals surface area contributed by atoms with E-state index in [0.29, 0.717) is 22.8 Å². The summed E-state index contributed by atoms with van der Waals surface area (Å²) in [6, 6.07) is 7.33. The average Bonchev–Trinajstić information content (AvgIpc) is 2.69. The van der Waals surface area contributed by atoms with Gasteiger partial charge in [0.1, 0.15) is 24.6 Å². The van der Waals surface area contributed by atoms with Crippen LogP contribution in [0, 0.1) is 0 Å². The summed E-state index contributed by atoms with van der Waals surface area (Å²) in [6.45, 7) is 7.95. The zero-order valence-electron chi connectivity index (χ0n) is 18.4. The molecule has 0 saturated heterocycles. The van der Waals surface area contributed by atoms with Crippen LogP contribution >= 0.6 is 0 Å². The van der Waals surface area contributed by atoms with Gasteiger partial charge in [0.2, 0.25) is 0 Å². The number of hydrogen-bond donors (Lipinski definition) is 3. The summed E-state index contributed by atoms with van der Waals surface area (Å²) in [7, 11) is 1.50. The van der Waals surface area contributed by atoms with Crippen LogP contribution in [0.3, 0.4) is 0 Å². The fraction of sp³-hybridized carbons (Fsp3) is 0.364. The number of aromatic nitrogens is 3. The highest BCUT2D eigenvalue weighted by molar-refractivity contribution is 5.99. The van der Waals surface area contributed by atoms with E-state index in [-0.39, 0.29) is 24.2 Å². The van der Waals surface area contributed by atoms with Crippen molar-refractivity contribution in [3.63, 3.8) is 0 Å². The number of nitrogens with zero attached hydrogens (tertiary/aromatic N) is 4. The van der Waals surface area contributed by atoms with Gasteiger partial charge in [-0.25, -0.2) is 9.97 Å². The molecule has 3 aromatic heterocycles. The second-order valence-corrected chi connectivity index (χ2v) is 8.15. The third-order valence-corrected chi connectivity index (χ3v) is 4.46. The molecule has 0 atom stereocenters. The fourth-order valence-corrected chi connectivity index (χ4v) is 3.14. The molecule has 3 rings (SSSR count). The minimum absolute atomic E-state index is 0.117. The van der Waals surface area contributed by atoms with E-state index >= 15 is 0 Å². The first-order chi connectivity index (χ1) is 14.7. The van der Waals surface area contributed by atoms with Gasteiger partial charge in [-0.3, -0.25) is 4.79 Å². The Hall–Kier alpha value is -3.46. The predicted molar refractivity (Wildman–Crippen MR) is 123 cm³/mol. The summed E-state index contributed by atoms with van der Waals surface area (Å²) < 4.78 is 1.48. The van der Waals surface area contributed by atoms with Crippen molar-refractivity contribution in [3.8, 4) is 0 Å². The van der Waals surface area contributed by atoms with Crippen LogP contribution in [0.2, 0.25) is 0 Å². The zero-order chi connectivity index (χ0) is 22.6. The largest absolute Gasteiger partial charge is 0.399 e. The Bertz CT molecular complexity index is 1160. The monoisotopic (exact) mass is 424 g/mol. The third kappa shape index (κ3) is 5.37. The molecule has 0 unspecified atom stereocenters. The summed E-state index contributed by atoms with van der Waals surface area (Å²) in [5.74, 6) is 1.60. The Labute approximate surface area is 180 Å². The quantitative estimate of drug-likeness (QED) is 0.394. The number of anilines is 3. The van der Waals surface area contributed by atoms with Gasteiger partial charge in [0.05, 0.1) is 17.7 Å². The van der Waals surface area contributed by atoms with E-state index in [2.05, 4.69) is 25.8 Å². The number of hydrogen-bond acceptors (Lipinski definition) is 8. The molecule has 0 spiro atoms. The van der Waals surface area contributed by atoms with Crippen LogP contribution in [0.4, 0.5) is 17.5 Å². The SMILES string of the molecule is CON=C(C)c1ccnc(Nc2cc3ccn(CCO)c(=O)c3c(NC(C)(C)C)n2)c1. The van der Waals surface area contributed by atoms with Crippen LogP contribution in [0.5, 0.6) is 0 Å². The van der Waals surface area contributed by atoms with E-state index in [4.69, 9.17) is 4.84 Å². The molecule has 0 fully saturated rings. The highest BCUT2D eigenvalue weighted by Crippen LogP contribution is 2.26. The second-order valence-electron chi connectivity index (χ2n) is 8.15. The van der Waals surface area contributed by atoms with Crippen molar-refractivity contribution in [1.82, 2.24) is 14.5 Å². The fourth-order valence-electron chi connectivity index (χ4n) is 3.14. The van der Waals surface area contributed by atoms with E-state index in [1.54, 1.807) is 18.5 Å². The molecule has 9 nitrogen and oxygen atoms in total. The normalized spacial score (nSPS) is 12.1. The van der Waals surface area contributed by atoms with Gasteiger partial charge in [0.25, 0.3) is 5.56 Å². The number of aliphatic hydroxyl groups is 1. The van der Waals surface area contributed by atoms with Gasteiger partial charge in [-0.2, -0.15) is 0 Å². The van der Waals surface area contributed by atoms with Crippen LogP contribution in [0.15, 0.2) is 46.6 Å². The minimum atomic E-state index is -0.311. The molecular formula is C22H28N6O3. The average molecular weight is 425 g/mol. The van der Waals surface area contributed by atoms with Gasteiger partial charge < -0.3 is 25.1 Å². The molecule has 0 aliphatic heterocycles. The Morgan fingerprint density at radius 2 is 2.03 bits per heavy atom. The van der Waals surface area contributed by atoms with E-state index in [1.165, 1.54) is 11.7 Å². The minimum Gasteiger partial charge on any atom is -0.399 e. The molecule has 0 aliphatic carbocycles. The lowest BCUT2D eigenvalue weighted by atomic mass is 10.1. The number of fused-ring (bicyclic) bond motifs is 1.